The monoisotopic (exact) mass is 214 g/mol. The van der Waals surface area contributed by atoms with Crippen LogP contribution in [-0.2, 0) is 0 Å². The lowest BCUT2D eigenvalue weighted by molar-refractivity contribution is 0.128. The summed E-state index contributed by atoms with van der Waals surface area (Å²) in [5.74, 6) is 1.41. The summed E-state index contributed by atoms with van der Waals surface area (Å²) in [6, 6.07) is 0. The number of hydrogen-bond donors (Lipinski definition) is 2. The predicted molar refractivity (Wildman–Crippen MR) is 62.7 cm³/mol. The van der Waals surface area contributed by atoms with E-state index in [9.17, 15) is 10.2 Å². The fraction of sp³-hybridized carbons (Fsp3) is 1.00. The first kappa shape index (κ1) is 13.0. The average molecular weight is 214 g/mol. The quantitative estimate of drug-likeness (QED) is 0.713. The maximum atomic E-state index is 9.58. The van der Waals surface area contributed by atoms with Crippen molar-refractivity contribution in [2.45, 2.75) is 71.0 Å². The molecule has 4 atom stereocenters. The van der Waals surface area contributed by atoms with E-state index in [1.54, 1.807) is 0 Å². The van der Waals surface area contributed by atoms with Gasteiger partial charge in [0.1, 0.15) is 0 Å². The Morgan fingerprint density at radius 3 is 1.67 bits per heavy atom. The SMILES string of the molecule is CCC(O)CC1CCC(CC(O)CC)C1. The van der Waals surface area contributed by atoms with Crippen LogP contribution in [0.2, 0.25) is 0 Å². The minimum absolute atomic E-state index is 0.107. The topological polar surface area (TPSA) is 40.5 Å². The molecule has 15 heavy (non-hydrogen) atoms. The van der Waals surface area contributed by atoms with Crippen molar-refractivity contribution < 1.29 is 10.2 Å². The molecule has 90 valence electrons. The van der Waals surface area contributed by atoms with Gasteiger partial charge < -0.3 is 10.2 Å². The molecule has 0 amide bonds. The van der Waals surface area contributed by atoms with Gasteiger partial charge >= 0.3 is 0 Å². The highest BCUT2D eigenvalue weighted by atomic mass is 16.3. The lowest BCUT2D eigenvalue weighted by Crippen LogP contribution is -2.12. The van der Waals surface area contributed by atoms with Crippen molar-refractivity contribution >= 4 is 0 Å². The van der Waals surface area contributed by atoms with Crippen molar-refractivity contribution in [2.24, 2.45) is 11.8 Å². The van der Waals surface area contributed by atoms with Gasteiger partial charge in [-0.1, -0.05) is 26.7 Å². The van der Waals surface area contributed by atoms with Gasteiger partial charge in [0.15, 0.2) is 0 Å². The Hall–Kier alpha value is -0.0800. The van der Waals surface area contributed by atoms with Gasteiger partial charge in [0.05, 0.1) is 12.2 Å². The standard InChI is InChI=1S/C13H26O2/c1-3-12(14)8-10-5-6-11(7-10)9-13(15)4-2/h10-15H,3-9H2,1-2H3. The highest BCUT2D eigenvalue weighted by molar-refractivity contribution is 4.78. The minimum Gasteiger partial charge on any atom is -0.393 e. The first-order valence-corrected chi connectivity index (χ1v) is 6.51. The molecule has 0 aromatic heterocycles. The van der Waals surface area contributed by atoms with E-state index in [2.05, 4.69) is 0 Å². The second-order valence-corrected chi connectivity index (χ2v) is 5.14. The Bertz CT molecular complexity index is 152. The summed E-state index contributed by atoms with van der Waals surface area (Å²) in [6.45, 7) is 4.08. The Kier molecular flexibility index (Phi) is 5.62. The van der Waals surface area contributed by atoms with E-state index in [0.29, 0.717) is 11.8 Å². The van der Waals surface area contributed by atoms with Gasteiger partial charge in [-0.3, -0.25) is 0 Å². The zero-order chi connectivity index (χ0) is 11.3. The molecule has 0 radical (unpaired) electrons. The molecule has 0 aliphatic heterocycles. The third kappa shape index (κ3) is 4.52. The summed E-state index contributed by atoms with van der Waals surface area (Å²) in [6.07, 6.45) is 7.18. The van der Waals surface area contributed by atoms with Gasteiger partial charge in [-0.25, -0.2) is 0 Å². The predicted octanol–water partition coefficient (Wildman–Crippen LogP) is 2.72. The third-order valence-electron chi connectivity index (χ3n) is 3.80. The Morgan fingerprint density at radius 1 is 0.933 bits per heavy atom. The molecule has 0 aromatic carbocycles. The van der Waals surface area contributed by atoms with Crippen molar-refractivity contribution in [1.82, 2.24) is 0 Å². The summed E-state index contributed by atoms with van der Waals surface area (Å²) in [5.41, 5.74) is 0. The average Bonchev–Trinajstić information content (AvgIpc) is 2.65. The maximum Gasteiger partial charge on any atom is 0.0540 e. The fourth-order valence-corrected chi connectivity index (χ4v) is 2.71. The van der Waals surface area contributed by atoms with Crippen LogP contribution in [0.25, 0.3) is 0 Å². The van der Waals surface area contributed by atoms with E-state index in [4.69, 9.17) is 0 Å². The fourth-order valence-electron chi connectivity index (χ4n) is 2.71. The summed E-state index contributed by atoms with van der Waals surface area (Å²) < 4.78 is 0. The second-order valence-electron chi connectivity index (χ2n) is 5.14. The Morgan fingerprint density at radius 2 is 1.33 bits per heavy atom. The van der Waals surface area contributed by atoms with Gasteiger partial charge in [0.25, 0.3) is 0 Å². The molecule has 4 unspecified atom stereocenters. The third-order valence-corrected chi connectivity index (χ3v) is 3.80. The molecule has 1 aliphatic rings. The van der Waals surface area contributed by atoms with Crippen LogP contribution in [0.3, 0.4) is 0 Å². The molecule has 2 heteroatoms. The van der Waals surface area contributed by atoms with Crippen LogP contribution in [0, 0.1) is 11.8 Å². The van der Waals surface area contributed by atoms with E-state index in [1.807, 2.05) is 13.8 Å². The van der Waals surface area contributed by atoms with Crippen molar-refractivity contribution in [2.75, 3.05) is 0 Å². The largest absolute Gasteiger partial charge is 0.393 e. The van der Waals surface area contributed by atoms with Gasteiger partial charge in [0.2, 0.25) is 0 Å². The van der Waals surface area contributed by atoms with Crippen LogP contribution in [0.15, 0.2) is 0 Å². The van der Waals surface area contributed by atoms with Crippen molar-refractivity contribution in [3.63, 3.8) is 0 Å². The zero-order valence-electron chi connectivity index (χ0n) is 10.2. The molecular formula is C13H26O2. The lowest BCUT2D eigenvalue weighted by atomic mass is 9.94. The molecule has 1 saturated carbocycles. The van der Waals surface area contributed by atoms with Gasteiger partial charge in [0, 0.05) is 0 Å². The zero-order valence-corrected chi connectivity index (χ0v) is 10.2. The molecule has 1 aliphatic carbocycles. The smallest absolute Gasteiger partial charge is 0.0540 e. The summed E-state index contributed by atoms with van der Waals surface area (Å²) >= 11 is 0. The van der Waals surface area contributed by atoms with Crippen LogP contribution in [0.5, 0.6) is 0 Å². The molecule has 0 bridgehead atoms. The molecule has 0 heterocycles. The van der Waals surface area contributed by atoms with E-state index >= 15 is 0 Å². The maximum absolute atomic E-state index is 9.58. The van der Waals surface area contributed by atoms with E-state index < -0.39 is 0 Å². The molecular weight excluding hydrogens is 188 g/mol. The number of rotatable bonds is 6. The minimum atomic E-state index is -0.107. The summed E-state index contributed by atoms with van der Waals surface area (Å²) in [5, 5.41) is 19.2. The summed E-state index contributed by atoms with van der Waals surface area (Å²) in [7, 11) is 0. The van der Waals surface area contributed by atoms with E-state index in [-0.39, 0.29) is 12.2 Å². The van der Waals surface area contributed by atoms with Crippen LogP contribution in [0.1, 0.15) is 58.8 Å². The van der Waals surface area contributed by atoms with Crippen molar-refractivity contribution in [3.8, 4) is 0 Å². The lowest BCUT2D eigenvalue weighted by Gasteiger charge is -2.16. The highest BCUT2D eigenvalue weighted by Crippen LogP contribution is 2.36. The first-order chi connectivity index (χ1) is 7.15. The molecule has 0 saturated heterocycles. The summed E-state index contributed by atoms with van der Waals surface area (Å²) in [4.78, 5) is 0. The second kappa shape index (κ2) is 6.49. The highest BCUT2D eigenvalue weighted by Gasteiger charge is 2.27. The molecule has 2 nitrogen and oxygen atoms in total. The number of hydrogen-bond acceptors (Lipinski definition) is 2. The van der Waals surface area contributed by atoms with E-state index in [1.165, 1.54) is 19.3 Å². The van der Waals surface area contributed by atoms with Gasteiger partial charge in [-0.05, 0) is 43.9 Å². The molecule has 1 rings (SSSR count). The van der Waals surface area contributed by atoms with Crippen molar-refractivity contribution in [3.05, 3.63) is 0 Å². The van der Waals surface area contributed by atoms with Crippen LogP contribution in [0.4, 0.5) is 0 Å². The molecule has 0 spiro atoms. The Balaban J connectivity index is 2.20. The van der Waals surface area contributed by atoms with Crippen LogP contribution >= 0.6 is 0 Å². The normalized spacial score (nSPS) is 30.4. The number of aliphatic hydroxyl groups is 2. The van der Waals surface area contributed by atoms with Crippen molar-refractivity contribution in [1.29, 1.82) is 0 Å². The van der Waals surface area contributed by atoms with Gasteiger partial charge in [-0.2, -0.15) is 0 Å². The Labute approximate surface area is 93.7 Å². The first-order valence-electron chi connectivity index (χ1n) is 6.51. The number of aliphatic hydroxyl groups excluding tert-OH is 2. The van der Waals surface area contributed by atoms with Crippen LogP contribution in [-0.4, -0.2) is 22.4 Å². The van der Waals surface area contributed by atoms with Crippen LogP contribution < -0.4 is 0 Å². The molecule has 1 fully saturated rings. The molecule has 2 N–H and O–H groups in total. The van der Waals surface area contributed by atoms with E-state index in [0.717, 1.165) is 25.7 Å². The van der Waals surface area contributed by atoms with Gasteiger partial charge in [-0.15, -0.1) is 0 Å². The molecule has 0 aromatic rings.